The van der Waals surface area contributed by atoms with Gasteiger partial charge in [0.25, 0.3) is 0 Å². The molecule has 0 unspecified atom stereocenters. The lowest BCUT2D eigenvalue weighted by molar-refractivity contribution is -0.129. The summed E-state index contributed by atoms with van der Waals surface area (Å²) in [5.74, 6) is 0.506. The zero-order valence-corrected chi connectivity index (χ0v) is 15.8. The van der Waals surface area contributed by atoms with Crippen LogP contribution in [0.15, 0.2) is 48.5 Å². The molecule has 26 heavy (non-hydrogen) atoms. The van der Waals surface area contributed by atoms with Crippen LogP contribution in [-0.4, -0.2) is 29.9 Å². The van der Waals surface area contributed by atoms with Crippen LogP contribution in [0, 0.1) is 0 Å². The smallest absolute Gasteiger partial charge is 0.226 e. The van der Waals surface area contributed by atoms with Gasteiger partial charge in [0, 0.05) is 37.1 Å². The van der Waals surface area contributed by atoms with Crippen molar-refractivity contribution in [1.29, 1.82) is 0 Å². The van der Waals surface area contributed by atoms with Crippen molar-refractivity contribution in [2.75, 3.05) is 18.5 Å². The third-order valence-electron chi connectivity index (χ3n) is 3.82. The first-order valence-electron chi connectivity index (χ1n) is 8.51. The summed E-state index contributed by atoms with van der Waals surface area (Å²) in [6.07, 6.45) is 0.206. The fraction of sp³-hybridized carbons (Fsp3) is 0.300. The van der Waals surface area contributed by atoms with Crippen LogP contribution >= 0.6 is 11.6 Å². The van der Waals surface area contributed by atoms with Crippen molar-refractivity contribution in [2.24, 2.45) is 0 Å². The molecule has 5 nitrogen and oxygen atoms in total. The van der Waals surface area contributed by atoms with E-state index in [9.17, 15) is 9.59 Å². The van der Waals surface area contributed by atoms with Crippen molar-refractivity contribution in [3.05, 3.63) is 59.1 Å². The highest BCUT2D eigenvalue weighted by molar-refractivity contribution is 6.31. The summed E-state index contributed by atoms with van der Waals surface area (Å²) in [6, 6.07) is 14.6. The minimum atomic E-state index is -0.153. The Morgan fingerprint density at radius 2 is 1.81 bits per heavy atom. The first-order chi connectivity index (χ1) is 12.5. The summed E-state index contributed by atoms with van der Waals surface area (Å²) < 4.78 is 5.37. The van der Waals surface area contributed by atoms with Gasteiger partial charge in [0.1, 0.15) is 5.75 Å². The summed E-state index contributed by atoms with van der Waals surface area (Å²) in [7, 11) is 0. The second kappa shape index (κ2) is 9.82. The largest absolute Gasteiger partial charge is 0.494 e. The number of nitrogens with one attached hydrogen (secondary N) is 1. The van der Waals surface area contributed by atoms with Crippen molar-refractivity contribution in [3.63, 3.8) is 0 Å². The molecule has 0 atom stereocenters. The number of amides is 2. The van der Waals surface area contributed by atoms with Gasteiger partial charge < -0.3 is 15.0 Å². The summed E-state index contributed by atoms with van der Waals surface area (Å²) in [5.41, 5.74) is 1.55. The van der Waals surface area contributed by atoms with Gasteiger partial charge in [-0.25, -0.2) is 0 Å². The molecular weight excluding hydrogens is 352 g/mol. The quantitative estimate of drug-likeness (QED) is 0.756. The van der Waals surface area contributed by atoms with Gasteiger partial charge in [-0.1, -0.05) is 29.8 Å². The van der Waals surface area contributed by atoms with Crippen molar-refractivity contribution >= 4 is 29.1 Å². The fourth-order valence-corrected chi connectivity index (χ4v) is 2.64. The number of rotatable bonds is 8. The minimum absolute atomic E-state index is 0.0983. The third-order valence-corrected chi connectivity index (χ3v) is 4.19. The van der Waals surface area contributed by atoms with E-state index in [2.05, 4.69) is 5.32 Å². The highest BCUT2D eigenvalue weighted by Gasteiger charge is 2.13. The van der Waals surface area contributed by atoms with Crippen LogP contribution in [0.4, 0.5) is 5.69 Å². The number of anilines is 1. The van der Waals surface area contributed by atoms with E-state index in [4.69, 9.17) is 16.3 Å². The summed E-state index contributed by atoms with van der Waals surface area (Å²) in [5, 5.41) is 3.43. The Labute approximate surface area is 158 Å². The Balaban J connectivity index is 1.88. The predicted octanol–water partition coefficient (Wildman–Crippen LogP) is 4.12. The van der Waals surface area contributed by atoms with E-state index in [1.165, 1.54) is 6.92 Å². The van der Waals surface area contributed by atoms with Crippen LogP contribution in [0.25, 0.3) is 0 Å². The number of hydrogen-bond donors (Lipinski definition) is 1. The topological polar surface area (TPSA) is 58.6 Å². The normalized spacial score (nSPS) is 10.3. The molecule has 2 rings (SSSR count). The lowest BCUT2D eigenvalue weighted by Gasteiger charge is -2.21. The van der Waals surface area contributed by atoms with E-state index in [1.807, 2.05) is 25.1 Å². The Morgan fingerprint density at radius 1 is 1.12 bits per heavy atom. The Kier molecular flexibility index (Phi) is 7.48. The average Bonchev–Trinajstić information content (AvgIpc) is 2.61. The molecule has 0 aromatic heterocycles. The van der Waals surface area contributed by atoms with Crippen LogP contribution < -0.4 is 10.1 Å². The Bertz CT molecular complexity index is 747. The first-order valence-corrected chi connectivity index (χ1v) is 8.89. The molecule has 138 valence electrons. The van der Waals surface area contributed by atoms with Gasteiger partial charge in [-0.3, -0.25) is 9.59 Å². The van der Waals surface area contributed by atoms with Gasteiger partial charge in [0.2, 0.25) is 11.8 Å². The fourth-order valence-electron chi connectivity index (χ4n) is 2.44. The molecule has 1 N–H and O–H groups in total. The summed E-state index contributed by atoms with van der Waals surface area (Å²) in [4.78, 5) is 25.6. The van der Waals surface area contributed by atoms with Crippen molar-refractivity contribution in [3.8, 4) is 5.75 Å². The molecule has 0 aliphatic heterocycles. The van der Waals surface area contributed by atoms with E-state index >= 15 is 0 Å². The van der Waals surface area contributed by atoms with E-state index in [0.29, 0.717) is 30.4 Å². The van der Waals surface area contributed by atoms with Gasteiger partial charge >= 0.3 is 0 Å². The first kappa shape index (κ1) is 19.8. The van der Waals surface area contributed by atoms with E-state index in [0.717, 1.165) is 11.3 Å². The molecule has 0 aliphatic carbocycles. The van der Waals surface area contributed by atoms with Gasteiger partial charge in [0.05, 0.1) is 6.61 Å². The van der Waals surface area contributed by atoms with Gasteiger partial charge in [-0.2, -0.15) is 0 Å². The lowest BCUT2D eigenvalue weighted by atomic mass is 10.2. The van der Waals surface area contributed by atoms with Crippen LogP contribution in [0.1, 0.15) is 25.8 Å². The zero-order valence-electron chi connectivity index (χ0n) is 15.0. The minimum Gasteiger partial charge on any atom is -0.494 e. The molecule has 0 saturated carbocycles. The predicted molar refractivity (Wildman–Crippen MR) is 103 cm³/mol. The van der Waals surface area contributed by atoms with Crippen LogP contribution in [0.2, 0.25) is 5.02 Å². The number of carbonyl (C=O) groups is 2. The third kappa shape index (κ3) is 6.08. The number of hydrogen-bond acceptors (Lipinski definition) is 3. The SMILES string of the molecule is CCOc1ccc(NC(=O)CCN(Cc2ccccc2Cl)C(C)=O)cc1. The molecule has 0 fully saturated rings. The summed E-state index contributed by atoms with van der Waals surface area (Å²) >= 11 is 6.15. The number of nitrogens with zero attached hydrogens (tertiary/aromatic N) is 1. The Hall–Kier alpha value is -2.53. The van der Waals surface area contributed by atoms with Gasteiger partial charge in [0.15, 0.2) is 0 Å². The molecule has 0 saturated heterocycles. The van der Waals surface area contributed by atoms with Crippen molar-refractivity contribution in [1.82, 2.24) is 4.90 Å². The average molecular weight is 375 g/mol. The maximum absolute atomic E-state index is 12.2. The molecule has 0 bridgehead atoms. The number of halogens is 1. The summed E-state index contributed by atoms with van der Waals surface area (Å²) in [6.45, 7) is 4.70. The molecule has 0 radical (unpaired) electrons. The zero-order chi connectivity index (χ0) is 18.9. The molecule has 2 aromatic rings. The molecule has 2 amide bonds. The monoisotopic (exact) mass is 374 g/mol. The van der Waals surface area contributed by atoms with Crippen LogP contribution in [-0.2, 0) is 16.1 Å². The molecule has 0 aliphatic rings. The van der Waals surface area contributed by atoms with Crippen LogP contribution in [0.3, 0.4) is 0 Å². The Morgan fingerprint density at radius 3 is 2.42 bits per heavy atom. The number of ether oxygens (including phenoxy) is 1. The van der Waals surface area contributed by atoms with E-state index in [1.54, 1.807) is 35.2 Å². The van der Waals surface area contributed by atoms with Crippen molar-refractivity contribution in [2.45, 2.75) is 26.8 Å². The van der Waals surface area contributed by atoms with Crippen LogP contribution in [0.5, 0.6) is 5.75 Å². The number of carbonyl (C=O) groups excluding carboxylic acids is 2. The molecule has 0 spiro atoms. The second-order valence-electron chi connectivity index (χ2n) is 5.79. The maximum Gasteiger partial charge on any atom is 0.226 e. The van der Waals surface area contributed by atoms with Gasteiger partial charge in [-0.05, 0) is 42.8 Å². The second-order valence-corrected chi connectivity index (χ2v) is 6.19. The molecule has 0 heterocycles. The highest BCUT2D eigenvalue weighted by atomic mass is 35.5. The molecule has 6 heteroatoms. The highest BCUT2D eigenvalue weighted by Crippen LogP contribution is 2.18. The number of benzene rings is 2. The molecule has 2 aromatic carbocycles. The van der Waals surface area contributed by atoms with E-state index in [-0.39, 0.29) is 18.2 Å². The van der Waals surface area contributed by atoms with Gasteiger partial charge in [-0.15, -0.1) is 0 Å². The maximum atomic E-state index is 12.2. The lowest BCUT2D eigenvalue weighted by Crippen LogP contribution is -2.31. The standard InChI is InChI=1S/C20H23ClN2O3/c1-3-26-18-10-8-17(9-11-18)22-20(25)12-13-23(15(2)24)14-16-6-4-5-7-19(16)21/h4-11H,3,12-14H2,1-2H3,(H,22,25). The molecular formula is C20H23ClN2O3. The van der Waals surface area contributed by atoms with E-state index < -0.39 is 0 Å². The van der Waals surface area contributed by atoms with Crippen molar-refractivity contribution < 1.29 is 14.3 Å².